The standard InChI is InChI=1S/C19H22ClN3O5S/c20-13-5-3-12(4-6-13)17(25)22-19(29)23-8-7-21-18(26)15(23)10-16(24)28-11-14-2-1-9-27-14/h3-6,14-15H,1-2,7-11H2,(H,21,26)(H,22,25,29)/t14-,15+/m1/s1. The van der Waals surface area contributed by atoms with E-state index in [2.05, 4.69) is 10.6 Å². The van der Waals surface area contributed by atoms with Crippen molar-refractivity contribution >= 4 is 46.7 Å². The van der Waals surface area contributed by atoms with Crippen LogP contribution in [-0.2, 0) is 19.1 Å². The molecule has 2 aliphatic heterocycles. The lowest BCUT2D eigenvalue weighted by atomic mass is 10.1. The van der Waals surface area contributed by atoms with E-state index in [1.165, 1.54) is 4.90 Å². The Morgan fingerprint density at radius 3 is 2.79 bits per heavy atom. The number of carbonyl (C=O) groups excluding carboxylic acids is 3. The molecular weight excluding hydrogens is 418 g/mol. The van der Waals surface area contributed by atoms with Gasteiger partial charge in [0.15, 0.2) is 5.11 Å². The monoisotopic (exact) mass is 439 g/mol. The maximum absolute atomic E-state index is 12.4. The van der Waals surface area contributed by atoms with Crippen molar-refractivity contribution in [3.63, 3.8) is 0 Å². The van der Waals surface area contributed by atoms with Gasteiger partial charge in [-0.15, -0.1) is 0 Å². The van der Waals surface area contributed by atoms with Gasteiger partial charge in [-0.3, -0.25) is 19.7 Å². The Morgan fingerprint density at radius 2 is 2.10 bits per heavy atom. The Morgan fingerprint density at radius 1 is 1.34 bits per heavy atom. The largest absolute Gasteiger partial charge is 0.463 e. The number of nitrogens with one attached hydrogen (secondary N) is 2. The van der Waals surface area contributed by atoms with Crippen LogP contribution < -0.4 is 10.6 Å². The predicted octanol–water partition coefficient (Wildman–Crippen LogP) is 1.27. The van der Waals surface area contributed by atoms with E-state index in [1.807, 2.05) is 0 Å². The first-order valence-corrected chi connectivity index (χ1v) is 10.1. The second kappa shape index (κ2) is 10.00. The predicted molar refractivity (Wildman–Crippen MR) is 110 cm³/mol. The number of hydrogen-bond donors (Lipinski definition) is 2. The second-order valence-electron chi connectivity index (χ2n) is 6.79. The zero-order valence-corrected chi connectivity index (χ0v) is 17.3. The lowest BCUT2D eigenvalue weighted by molar-refractivity contribution is -0.150. The molecule has 10 heteroatoms. The average molecular weight is 440 g/mol. The van der Waals surface area contributed by atoms with Crippen LogP contribution in [0.25, 0.3) is 0 Å². The second-order valence-corrected chi connectivity index (χ2v) is 7.61. The Labute approximate surface area is 178 Å². The van der Waals surface area contributed by atoms with E-state index in [0.29, 0.717) is 30.3 Å². The Hall–Kier alpha value is -2.23. The molecule has 2 fully saturated rings. The van der Waals surface area contributed by atoms with Crippen molar-refractivity contribution in [2.24, 2.45) is 0 Å². The van der Waals surface area contributed by atoms with Crippen molar-refractivity contribution < 1.29 is 23.9 Å². The normalized spacial score (nSPS) is 21.4. The molecule has 0 radical (unpaired) electrons. The molecule has 3 rings (SSSR count). The van der Waals surface area contributed by atoms with E-state index in [9.17, 15) is 14.4 Å². The zero-order chi connectivity index (χ0) is 20.8. The van der Waals surface area contributed by atoms with Gasteiger partial charge in [0.2, 0.25) is 5.91 Å². The SMILES string of the molecule is O=C(C[C@H]1C(=O)NCCN1C(=S)NC(=O)c1ccc(Cl)cc1)OC[C@H]1CCCO1. The third-order valence-electron chi connectivity index (χ3n) is 4.73. The van der Waals surface area contributed by atoms with Crippen LogP contribution in [0.5, 0.6) is 0 Å². The molecule has 2 aliphatic rings. The maximum Gasteiger partial charge on any atom is 0.308 e. The molecule has 2 heterocycles. The summed E-state index contributed by atoms with van der Waals surface area (Å²) in [6, 6.07) is 5.49. The van der Waals surface area contributed by atoms with Crippen molar-refractivity contribution in [2.45, 2.75) is 31.4 Å². The minimum absolute atomic E-state index is 0.0803. The van der Waals surface area contributed by atoms with Crippen LogP contribution in [0, 0.1) is 0 Å². The van der Waals surface area contributed by atoms with Crippen molar-refractivity contribution in [3.8, 4) is 0 Å². The Kier molecular flexibility index (Phi) is 7.40. The van der Waals surface area contributed by atoms with Crippen molar-refractivity contribution in [2.75, 3.05) is 26.3 Å². The van der Waals surface area contributed by atoms with Gasteiger partial charge in [-0.2, -0.15) is 0 Å². The van der Waals surface area contributed by atoms with E-state index in [4.69, 9.17) is 33.3 Å². The van der Waals surface area contributed by atoms with Gasteiger partial charge in [0.1, 0.15) is 12.6 Å². The summed E-state index contributed by atoms with van der Waals surface area (Å²) in [5.41, 5.74) is 0.380. The quantitative estimate of drug-likeness (QED) is 0.526. The van der Waals surface area contributed by atoms with Crippen LogP contribution in [0.1, 0.15) is 29.6 Å². The molecule has 0 spiro atoms. The first-order chi connectivity index (χ1) is 13.9. The average Bonchev–Trinajstić information content (AvgIpc) is 3.22. The smallest absolute Gasteiger partial charge is 0.308 e. The summed E-state index contributed by atoms with van der Waals surface area (Å²) in [4.78, 5) is 38.5. The third kappa shape index (κ3) is 5.88. The highest BCUT2D eigenvalue weighted by molar-refractivity contribution is 7.80. The van der Waals surface area contributed by atoms with Crippen LogP contribution in [0.15, 0.2) is 24.3 Å². The van der Waals surface area contributed by atoms with Gasteiger partial charge in [-0.25, -0.2) is 0 Å². The number of esters is 1. The highest BCUT2D eigenvalue weighted by Gasteiger charge is 2.34. The fraction of sp³-hybridized carbons (Fsp3) is 0.474. The molecule has 29 heavy (non-hydrogen) atoms. The molecule has 156 valence electrons. The summed E-state index contributed by atoms with van der Waals surface area (Å²) in [6.07, 6.45) is 1.54. The third-order valence-corrected chi connectivity index (χ3v) is 5.32. The van der Waals surface area contributed by atoms with Gasteiger partial charge in [0.05, 0.1) is 12.5 Å². The summed E-state index contributed by atoms with van der Waals surface area (Å²) in [6.45, 7) is 1.57. The number of halogens is 1. The molecule has 2 saturated heterocycles. The number of amides is 2. The van der Waals surface area contributed by atoms with Crippen LogP contribution in [-0.4, -0.2) is 66.2 Å². The van der Waals surface area contributed by atoms with E-state index >= 15 is 0 Å². The number of piperazine rings is 1. The van der Waals surface area contributed by atoms with Gasteiger partial charge in [-0.05, 0) is 49.3 Å². The lowest BCUT2D eigenvalue weighted by Crippen LogP contribution is -2.60. The molecule has 0 saturated carbocycles. The molecule has 0 aromatic heterocycles. The first kappa shape index (κ1) is 21.5. The molecule has 1 aromatic carbocycles. The van der Waals surface area contributed by atoms with Gasteiger partial charge in [0, 0.05) is 30.3 Å². The number of thiocarbonyl (C=S) groups is 1. The number of rotatable bonds is 5. The zero-order valence-electron chi connectivity index (χ0n) is 15.7. The molecule has 2 amide bonds. The lowest BCUT2D eigenvalue weighted by Gasteiger charge is -2.36. The number of benzene rings is 1. The number of carbonyl (C=O) groups is 3. The minimum atomic E-state index is -0.848. The Bertz CT molecular complexity index is 783. The van der Waals surface area contributed by atoms with Crippen molar-refractivity contribution in [1.82, 2.24) is 15.5 Å². The first-order valence-electron chi connectivity index (χ1n) is 9.36. The summed E-state index contributed by atoms with van der Waals surface area (Å²) in [5, 5.41) is 5.91. The summed E-state index contributed by atoms with van der Waals surface area (Å²) >= 11 is 11.2. The highest BCUT2D eigenvalue weighted by Crippen LogP contribution is 2.15. The molecule has 0 bridgehead atoms. The molecular formula is C19H22ClN3O5S. The molecule has 8 nitrogen and oxygen atoms in total. The highest BCUT2D eigenvalue weighted by atomic mass is 35.5. The van der Waals surface area contributed by atoms with Crippen LogP contribution in [0.4, 0.5) is 0 Å². The molecule has 2 N–H and O–H groups in total. The molecule has 0 unspecified atom stereocenters. The van der Waals surface area contributed by atoms with Crippen LogP contribution in [0.3, 0.4) is 0 Å². The minimum Gasteiger partial charge on any atom is -0.463 e. The summed E-state index contributed by atoms with van der Waals surface area (Å²) < 4.78 is 10.7. The van der Waals surface area contributed by atoms with Gasteiger partial charge < -0.3 is 19.7 Å². The van der Waals surface area contributed by atoms with E-state index in [0.717, 1.165) is 12.8 Å². The van der Waals surface area contributed by atoms with E-state index in [-0.39, 0.29) is 30.2 Å². The fourth-order valence-electron chi connectivity index (χ4n) is 3.18. The Balaban J connectivity index is 1.58. The number of hydrogen-bond acceptors (Lipinski definition) is 6. The molecule has 2 atom stereocenters. The summed E-state index contributed by atoms with van der Waals surface area (Å²) in [7, 11) is 0. The van der Waals surface area contributed by atoms with E-state index < -0.39 is 17.9 Å². The fourth-order valence-corrected chi connectivity index (χ4v) is 3.62. The van der Waals surface area contributed by atoms with Gasteiger partial charge in [0.25, 0.3) is 5.91 Å². The van der Waals surface area contributed by atoms with Crippen LogP contribution >= 0.6 is 23.8 Å². The van der Waals surface area contributed by atoms with Crippen molar-refractivity contribution in [3.05, 3.63) is 34.9 Å². The topological polar surface area (TPSA) is 97.0 Å². The molecule has 1 aromatic rings. The molecule has 0 aliphatic carbocycles. The van der Waals surface area contributed by atoms with Gasteiger partial charge in [-0.1, -0.05) is 11.6 Å². The van der Waals surface area contributed by atoms with E-state index in [1.54, 1.807) is 24.3 Å². The van der Waals surface area contributed by atoms with Gasteiger partial charge >= 0.3 is 5.97 Å². The van der Waals surface area contributed by atoms with Crippen molar-refractivity contribution in [1.29, 1.82) is 0 Å². The maximum atomic E-state index is 12.4. The number of ether oxygens (including phenoxy) is 2. The van der Waals surface area contributed by atoms with Crippen LogP contribution in [0.2, 0.25) is 5.02 Å². The number of nitrogens with zero attached hydrogens (tertiary/aromatic N) is 1. The summed E-state index contributed by atoms with van der Waals surface area (Å²) in [5.74, 6) is -1.27.